The molecule has 1 heterocycles. The number of hydrogen-bond acceptors (Lipinski definition) is 6. The summed E-state index contributed by atoms with van der Waals surface area (Å²) in [6.07, 6.45) is -0.888. The molecule has 0 fully saturated rings. The summed E-state index contributed by atoms with van der Waals surface area (Å²) in [5, 5.41) is 21.6. The fourth-order valence-corrected chi connectivity index (χ4v) is 4.66. The van der Waals surface area contributed by atoms with Crippen LogP contribution in [0.2, 0.25) is 5.15 Å². The Morgan fingerprint density at radius 2 is 1.94 bits per heavy atom. The molecule has 1 aromatic heterocycles. The number of rotatable bonds is 10. The summed E-state index contributed by atoms with van der Waals surface area (Å²) < 4.78 is 46.9. The SMILES string of the molecule is O=S(=O)(Nc1cccc([C@@H](O)CNCCOc2ccc3c(Cl)[nH]nc3c2)c1)c1ccccc1F. The van der Waals surface area contributed by atoms with Gasteiger partial charge in [0.1, 0.15) is 28.2 Å². The molecule has 1 atom stereocenters. The van der Waals surface area contributed by atoms with Crippen LogP contribution in [0.4, 0.5) is 10.1 Å². The van der Waals surface area contributed by atoms with Gasteiger partial charge in [-0.15, -0.1) is 0 Å². The third-order valence-electron chi connectivity index (χ3n) is 5.02. The molecule has 0 aliphatic carbocycles. The van der Waals surface area contributed by atoms with Crippen LogP contribution in [-0.4, -0.2) is 43.4 Å². The molecule has 0 bridgehead atoms. The van der Waals surface area contributed by atoms with Crippen molar-refractivity contribution in [3.05, 3.63) is 83.3 Å². The Labute approximate surface area is 200 Å². The summed E-state index contributed by atoms with van der Waals surface area (Å²) in [5.41, 5.74) is 1.43. The fraction of sp³-hybridized carbons (Fsp3) is 0.174. The largest absolute Gasteiger partial charge is 0.492 e. The maximum absolute atomic E-state index is 13.9. The van der Waals surface area contributed by atoms with Crippen LogP contribution in [0.15, 0.2) is 71.6 Å². The van der Waals surface area contributed by atoms with Crippen molar-refractivity contribution < 1.29 is 22.7 Å². The maximum atomic E-state index is 13.9. The summed E-state index contributed by atoms with van der Waals surface area (Å²) in [6.45, 7) is 1.05. The van der Waals surface area contributed by atoms with Crippen molar-refractivity contribution in [3.63, 3.8) is 0 Å². The highest BCUT2D eigenvalue weighted by molar-refractivity contribution is 7.92. The molecular formula is C23H22ClFN4O4S. The van der Waals surface area contributed by atoms with Crippen LogP contribution in [0, 0.1) is 5.82 Å². The summed E-state index contributed by atoms with van der Waals surface area (Å²) in [6, 6.07) is 16.8. The quantitative estimate of drug-likeness (QED) is 0.244. The number of aliphatic hydroxyl groups excluding tert-OH is 1. The molecule has 0 unspecified atom stereocenters. The van der Waals surface area contributed by atoms with Gasteiger partial charge in [0, 0.05) is 30.2 Å². The smallest absolute Gasteiger partial charge is 0.264 e. The van der Waals surface area contributed by atoms with Gasteiger partial charge in [0.25, 0.3) is 10.0 Å². The predicted molar refractivity (Wildman–Crippen MR) is 128 cm³/mol. The summed E-state index contributed by atoms with van der Waals surface area (Å²) in [5.74, 6) is -0.196. The van der Waals surface area contributed by atoms with E-state index in [1.807, 2.05) is 6.07 Å². The van der Waals surface area contributed by atoms with Gasteiger partial charge in [0.15, 0.2) is 0 Å². The van der Waals surface area contributed by atoms with E-state index in [9.17, 15) is 17.9 Å². The number of aromatic nitrogens is 2. The van der Waals surface area contributed by atoms with Crippen molar-refractivity contribution in [1.29, 1.82) is 0 Å². The van der Waals surface area contributed by atoms with Crippen LogP contribution in [0.3, 0.4) is 0 Å². The minimum atomic E-state index is -4.10. The topological polar surface area (TPSA) is 116 Å². The molecule has 11 heteroatoms. The van der Waals surface area contributed by atoms with Gasteiger partial charge in [-0.05, 0) is 42.0 Å². The molecular weight excluding hydrogens is 483 g/mol. The van der Waals surface area contributed by atoms with E-state index in [-0.39, 0.29) is 12.2 Å². The second-order valence-corrected chi connectivity index (χ2v) is 9.48. The maximum Gasteiger partial charge on any atom is 0.264 e. The number of benzene rings is 3. The Hall–Kier alpha value is -3.18. The number of nitrogens with zero attached hydrogens (tertiary/aromatic N) is 1. The summed E-state index contributed by atoms with van der Waals surface area (Å²) in [4.78, 5) is -0.447. The zero-order valence-corrected chi connectivity index (χ0v) is 19.4. The average molecular weight is 505 g/mol. The predicted octanol–water partition coefficient (Wildman–Crippen LogP) is 3.86. The van der Waals surface area contributed by atoms with Gasteiger partial charge < -0.3 is 15.2 Å². The van der Waals surface area contributed by atoms with Crippen LogP contribution in [0.5, 0.6) is 5.75 Å². The van der Waals surface area contributed by atoms with Gasteiger partial charge in [-0.3, -0.25) is 9.82 Å². The van der Waals surface area contributed by atoms with Crippen LogP contribution in [0.1, 0.15) is 11.7 Å². The average Bonchev–Trinajstić information content (AvgIpc) is 3.19. The molecule has 0 aliphatic rings. The van der Waals surface area contributed by atoms with Crippen molar-refractivity contribution in [2.75, 3.05) is 24.4 Å². The molecule has 4 N–H and O–H groups in total. The highest BCUT2D eigenvalue weighted by atomic mass is 35.5. The minimum absolute atomic E-state index is 0.219. The normalized spacial score (nSPS) is 12.6. The highest BCUT2D eigenvalue weighted by Gasteiger charge is 2.19. The van der Waals surface area contributed by atoms with Gasteiger partial charge in [-0.25, -0.2) is 12.8 Å². The molecule has 0 spiro atoms. The van der Waals surface area contributed by atoms with Crippen LogP contribution < -0.4 is 14.8 Å². The number of aromatic amines is 1. The number of ether oxygens (including phenoxy) is 1. The molecule has 4 rings (SSSR count). The molecule has 4 aromatic rings. The number of halogens is 2. The van der Waals surface area contributed by atoms with E-state index in [2.05, 4.69) is 20.2 Å². The number of nitrogens with one attached hydrogen (secondary N) is 3. The van der Waals surface area contributed by atoms with Crippen LogP contribution in [0.25, 0.3) is 10.9 Å². The fourth-order valence-electron chi connectivity index (χ4n) is 3.33. The number of aliphatic hydroxyl groups is 1. The molecule has 3 aromatic carbocycles. The van der Waals surface area contributed by atoms with E-state index in [0.717, 1.165) is 11.5 Å². The number of fused-ring (bicyclic) bond motifs is 1. The Balaban J connectivity index is 1.28. The van der Waals surface area contributed by atoms with Crippen LogP contribution in [-0.2, 0) is 10.0 Å². The van der Waals surface area contributed by atoms with Crippen molar-refractivity contribution in [2.45, 2.75) is 11.0 Å². The van der Waals surface area contributed by atoms with E-state index in [0.29, 0.717) is 35.1 Å². The number of H-pyrrole nitrogens is 1. The highest BCUT2D eigenvalue weighted by Crippen LogP contribution is 2.24. The summed E-state index contributed by atoms with van der Waals surface area (Å²) >= 11 is 5.98. The minimum Gasteiger partial charge on any atom is -0.492 e. The van der Waals surface area contributed by atoms with Gasteiger partial charge in [0.2, 0.25) is 0 Å². The number of anilines is 1. The number of sulfonamides is 1. The zero-order valence-electron chi connectivity index (χ0n) is 17.8. The lowest BCUT2D eigenvalue weighted by molar-refractivity contribution is 0.172. The zero-order chi connectivity index (χ0) is 24.1. The van der Waals surface area contributed by atoms with Crippen molar-refractivity contribution in [2.24, 2.45) is 0 Å². The van der Waals surface area contributed by atoms with Gasteiger partial charge in [-0.2, -0.15) is 5.10 Å². The molecule has 0 aliphatic heterocycles. The number of hydrogen-bond donors (Lipinski definition) is 4. The Morgan fingerprint density at radius 3 is 2.76 bits per heavy atom. The lowest BCUT2D eigenvalue weighted by atomic mass is 10.1. The third-order valence-corrected chi connectivity index (χ3v) is 6.72. The standard InChI is InChI=1S/C23H22ClFN4O4S/c24-23-18-9-8-17(13-20(18)27-28-23)33-11-10-26-14-21(30)15-4-3-5-16(12-15)29-34(31,32)22-7-2-1-6-19(22)25/h1-9,12-13,21,26,29-30H,10-11,14H2,(H,27,28)/t21-/m0/s1. The van der Waals surface area contributed by atoms with Crippen LogP contribution >= 0.6 is 11.6 Å². The molecule has 34 heavy (non-hydrogen) atoms. The second-order valence-electron chi connectivity index (χ2n) is 7.45. The molecule has 0 saturated carbocycles. The summed E-state index contributed by atoms with van der Waals surface area (Å²) in [7, 11) is -4.10. The van der Waals surface area contributed by atoms with Crippen molar-refractivity contribution in [1.82, 2.24) is 15.5 Å². The lowest BCUT2D eigenvalue weighted by Gasteiger charge is -2.15. The Morgan fingerprint density at radius 1 is 1.12 bits per heavy atom. The lowest BCUT2D eigenvalue weighted by Crippen LogP contribution is -2.26. The van der Waals surface area contributed by atoms with E-state index in [4.69, 9.17) is 16.3 Å². The molecule has 8 nitrogen and oxygen atoms in total. The molecule has 0 radical (unpaired) electrons. The second kappa shape index (κ2) is 10.4. The third kappa shape index (κ3) is 5.65. The van der Waals surface area contributed by atoms with E-state index < -0.39 is 26.8 Å². The first-order valence-corrected chi connectivity index (χ1v) is 12.2. The monoisotopic (exact) mass is 504 g/mol. The van der Waals surface area contributed by atoms with E-state index >= 15 is 0 Å². The molecule has 178 valence electrons. The molecule has 0 amide bonds. The van der Waals surface area contributed by atoms with Gasteiger partial charge in [-0.1, -0.05) is 35.9 Å². The van der Waals surface area contributed by atoms with Gasteiger partial charge >= 0.3 is 0 Å². The van der Waals surface area contributed by atoms with Crippen molar-refractivity contribution >= 4 is 38.2 Å². The Bertz CT molecular complexity index is 1400. The first-order chi connectivity index (χ1) is 16.3. The molecule has 0 saturated heterocycles. The first-order valence-electron chi connectivity index (χ1n) is 10.4. The van der Waals surface area contributed by atoms with E-state index in [1.165, 1.54) is 30.3 Å². The first kappa shape index (κ1) is 24.0. The van der Waals surface area contributed by atoms with Gasteiger partial charge in [0.05, 0.1) is 11.6 Å². The van der Waals surface area contributed by atoms with Crippen molar-refractivity contribution in [3.8, 4) is 5.75 Å². The Kier molecular flexibility index (Phi) is 7.32. The van der Waals surface area contributed by atoms with E-state index in [1.54, 1.807) is 24.3 Å².